The quantitative estimate of drug-likeness (QED) is 0.231. The van der Waals surface area contributed by atoms with E-state index in [4.69, 9.17) is 4.42 Å². The van der Waals surface area contributed by atoms with E-state index in [9.17, 15) is 0 Å². The Labute approximate surface area is 230 Å². The van der Waals surface area contributed by atoms with Crippen LogP contribution < -0.4 is 4.90 Å². The van der Waals surface area contributed by atoms with Gasteiger partial charge in [-0.2, -0.15) is 0 Å². The van der Waals surface area contributed by atoms with Crippen LogP contribution in [0.3, 0.4) is 0 Å². The first-order chi connectivity index (χ1) is 19.4. The number of fused-ring (bicyclic) bond motifs is 7. The Morgan fingerprint density at radius 2 is 1.08 bits per heavy atom. The van der Waals surface area contributed by atoms with Crippen LogP contribution in [-0.2, 0) is 0 Å². The number of thiophene rings is 1. The minimum atomic E-state index is 0.902. The van der Waals surface area contributed by atoms with Crippen LogP contribution in [0.1, 0.15) is 0 Å². The van der Waals surface area contributed by atoms with Gasteiger partial charge in [0.1, 0.15) is 5.58 Å². The van der Waals surface area contributed by atoms with Gasteiger partial charge in [0.25, 0.3) is 0 Å². The van der Waals surface area contributed by atoms with Crippen molar-refractivity contribution in [1.82, 2.24) is 0 Å². The predicted molar refractivity (Wildman–Crippen MR) is 167 cm³/mol. The van der Waals surface area contributed by atoms with Crippen molar-refractivity contribution in [3.63, 3.8) is 0 Å². The van der Waals surface area contributed by atoms with Crippen molar-refractivity contribution in [2.45, 2.75) is 0 Å². The number of rotatable bonds is 4. The van der Waals surface area contributed by atoms with Crippen molar-refractivity contribution in [3.8, 4) is 11.1 Å². The predicted octanol–water partition coefficient (Wildman–Crippen LogP) is 11.1. The first-order valence-corrected chi connectivity index (χ1v) is 13.9. The molecule has 0 aliphatic heterocycles. The zero-order chi connectivity index (χ0) is 25.8. The van der Waals surface area contributed by atoms with E-state index in [1.165, 1.54) is 31.3 Å². The van der Waals surface area contributed by atoms with Gasteiger partial charge in [-0.1, -0.05) is 103 Å². The third kappa shape index (κ3) is 3.41. The topological polar surface area (TPSA) is 16.4 Å². The number of furan rings is 1. The maximum atomic E-state index is 6.73. The summed E-state index contributed by atoms with van der Waals surface area (Å²) in [6, 6.07) is 49.3. The largest absolute Gasteiger partial charge is 0.454 e. The fraction of sp³-hybridized carbons (Fsp3) is 0. The number of para-hydroxylation sites is 3. The summed E-state index contributed by atoms with van der Waals surface area (Å²) in [5.41, 5.74) is 7.59. The second kappa shape index (κ2) is 8.87. The molecule has 39 heavy (non-hydrogen) atoms. The van der Waals surface area contributed by atoms with Crippen LogP contribution >= 0.6 is 11.3 Å². The molecular weight excluding hydrogens is 494 g/mol. The molecule has 0 N–H and O–H groups in total. The van der Waals surface area contributed by atoms with Crippen LogP contribution in [-0.4, -0.2) is 0 Å². The second-order valence-corrected chi connectivity index (χ2v) is 10.8. The second-order valence-electron chi connectivity index (χ2n) is 9.70. The minimum absolute atomic E-state index is 0.902. The highest BCUT2D eigenvalue weighted by Gasteiger charge is 2.28. The molecular formula is C36H23NOS. The van der Waals surface area contributed by atoms with Gasteiger partial charge in [0.2, 0.25) is 0 Å². The van der Waals surface area contributed by atoms with Crippen LogP contribution in [0.2, 0.25) is 0 Å². The molecule has 8 aromatic rings. The van der Waals surface area contributed by atoms with E-state index >= 15 is 0 Å². The Balaban J connectivity index is 1.68. The maximum absolute atomic E-state index is 6.73. The lowest BCUT2D eigenvalue weighted by molar-refractivity contribution is 0.673. The first kappa shape index (κ1) is 22.2. The molecule has 0 atom stereocenters. The summed E-state index contributed by atoms with van der Waals surface area (Å²) in [4.78, 5) is 2.40. The van der Waals surface area contributed by atoms with Gasteiger partial charge in [-0.3, -0.25) is 0 Å². The van der Waals surface area contributed by atoms with Crippen LogP contribution in [0.5, 0.6) is 0 Å². The summed E-state index contributed by atoms with van der Waals surface area (Å²) in [5.74, 6) is 0. The van der Waals surface area contributed by atoms with E-state index < -0.39 is 0 Å². The van der Waals surface area contributed by atoms with Gasteiger partial charge >= 0.3 is 0 Å². The fourth-order valence-electron chi connectivity index (χ4n) is 5.81. The van der Waals surface area contributed by atoms with E-state index in [0.717, 1.165) is 39.0 Å². The Morgan fingerprint density at radius 3 is 1.77 bits per heavy atom. The molecule has 3 heteroatoms. The molecule has 0 spiro atoms. The summed E-state index contributed by atoms with van der Waals surface area (Å²) < 4.78 is 9.18. The number of hydrogen-bond acceptors (Lipinski definition) is 3. The molecule has 0 saturated heterocycles. The number of hydrogen-bond donors (Lipinski definition) is 0. The molecule has 6 aromatic carbocycles. The summed E-state index contributed by atoms with van der Waals surface area (Å²) in [7, 11) is 0. The Kier molecular flexibility index (Phi) is 5.04. The van der Waals surface area contributed by atoms with Crippen LogP contribution in [0.25, 0.3) is 53.2 Å². The molecule has 0 aliphatic rings. The minimum Gasteiger partial charge on any atom is -0.454 e. The van der Waals surface area contributed by atoms with Gasteiger partial charge in [0.15, 0.2) is 5.58 Å². The number of anilines is 3. The zero-order valence-electron chi connectivity index (χ0n) is 21.0. The lowest BCUT2D eigenvalue weighted by Crippen LogP contribution is -2.11. The van der Waals surface area contributed by atoms with Gasteiger partial charge in [-0.15, -0.1) is 11.3 Å². The molecule has 2 heterocycles. The van der Waals surface area contributed by atoms with Crippen molar-refractivity contribution in [2.75, 3.05) is 4.90 Å². The summed E-state index contributed by atoms with van der Waals surface area (Å²) in [6.45, 7) is 0. The van der Waals surface area contributed by atoms with E-state index in [2.05, 4.69) is 144 Å². The normalized spacial score (nSPS) is 11.6. The number of benzene rings is 6. The van der Waals surface area contributed by atoms with E-state index in [1.807, 2.05) is 11.3 Å². The summed E-state index contributed by atoms with van der Waals surface area (Å²) in [6.07, 6.45) is 0. The fourth-order valence-corrected chi connectivity index (χ4v) is 7.01. The Hall–Kier alpha value is -4.86. The Morgan fingerprint density at radius 1 is 0.513 bits per heavy atom. The molecule has 0 aliphatic carbocycles. The molecule has 2 aromatic heterocycles. The molecule has 8 rings (SSSR count). The van der Waals surface area contributed by atoms with Gasteiger partial charge < -0.3 is 9.32 Å². The highest BCUT2D eigenvalue weighted by molar-refractivity contribution is 7.26. The molecule has 0 fully saturated rings. The zero-order valence-corrected chi connectivity index (χ0v) is 21.9. The smallest absolute Gasteiger partial charge is 0.155 e. The highest BCUT2D eigenvalue weighted by Crippen LogP contribution is 2.55. The summed E-state index contributed by atoms with van der Waals surface area (Å²) >= 11 is 1.82. The van der Waals surface area contributed by atoms with E-state index in [-0.39, 0.29) is 0 Å². The molecule has 0 unspecified atom stereocenters. The Bertz CT molecular complexity index is 2070. The van der Waals surface area contributed by atoms with E-state index in [0.29, 0.717) is 0 Å². The van der Waals surface area contributed by atoms with Gasteiger partial charge in [-0.05, 0) is 42.0 Å². The third-order valence-corrected chi connectivity index (χ3v) is 8.61. The van der Waals surface area contributed by atoms with Crippen molar-refractivity contribution >= 4 is 70.5 Å². The van der Waals surface area contributed by atoms with Gasteiger partial charge in [-0.25, -0.2) is 0 Å². The SMILES string of the molecule is c1ccc(-c2c(N(c3ccccc3)c3ccccc3)c3c4ccccc4oc3c3sc4ccccc4c23)cc1. The average Bonchev–Trinajstić information content (AvgIpc) is 3.58. The van der Waals surface area contributed by atoms with Crippen LogP contribution in [0.15, 0.2) is 144 Å². The van der Waals surface area contributed by atoms with E-state index in [1.54, 1.807) is 0 Å². The van der Waals surface area contributed by atoms with Crippen LogP contribution in [0, 0.1) is 0 Å². The molecule has 184 valence electrons. The number of nitrogens with zero attached hydrogens (tertiary/aromatic N) is 1. The lowest BCUT2D eigenvalue weighted by atomic mass is 9.93. The molecule has 0 radical (unpaired) electrons. The first-order valence-electron chi connectivity index (χ1n) is 13.1. The molecule has 0 bridgehead atoms. The van der Waals surface area contributed by atoms with Gasteiger partial charge in [0, 0.05) is 37.8 Å². The average molecular weight is 518 g/mol. The monoisotopic (exact) mass is 517 g/mol. The standard InChI is InChI=1S/C36H23NOS/c1-4-14-24(15-5-1)31-32-28-21-11-13-23-30(28)39-36(32)35-33(27-20-10-12-22-29(27)38-35)34(31)37(25-16-6-2-7-17-25)26-18-8-3-9-19-26/h1-23H. The molecule has 0 saturated carbocycles. The van der Waals surface area contributed by atoms with Crippen molar-refractivity contribution in [3.05, 3.63) is 140 Å². The third-order valence-electron chi connectivity index (χ3n) is 7.44. The highest BCUT2D eigenvalue weighted by atomic mass is 32.1. The van der Waals surface area contributed by atoms with Crippen molar-refractivity contribution < 1.29 is 4.42 Å². The maximum Gasteiger partial charge on any atom is 0.155 e. The van der Waals surface area contributed by atoms with Crippen LogP contribution in [0.4, 0.5) is 17.1 Å². The van der Waals surface area contributed by atoms with Crippen molar-refractivity contribution in [2.24, 2.45) is 0 Å². The van der Waals surface area contributed by atoms with Crippen molar-refractivity contribution in [1.29, 1.82) is 0 Å². The lowest BCUT2D eigenvalue weighted by Gasteiger charge is -2.29. The molecule has 2 nitrogen and oxygen atoms in total. The summed E-state index contributed by atoms with van der Waals surface area (Å²) in [5, 5.41) is 4.74. The molecule has 0 amide bonds. The van der Waals surface area contributed by atoms with Gasteiger partial charge in [0.05, 0.1) is 15.8 Å².